The highest BCUT2D eigenvalue weighted by atomic mass is 127. The molecule has 0 amide bonds. The Morgan fingerprint density at radius 1 is 1.08 bits per heavy atom. The van der Waals surface area contributed by atoms with Crippen LogP contribution in [0.25, 0.3) is 0 Å². The maximum absolute atomic E-state index is 12.4. The third-order valence-corrected chi connectivity index (χ3v) is 2.99. The van der Waals surface area contributed by atoms with E-state index >= 15 is 0 Å². The number of guanidine groups is 1. The van der Waals surface area contributed by atoms with Gasteiger partial charge in [0.25, 0.3) is 0 Å². The largest absolute Gasteiger partial charge is 0.573 e. The number of alkyl halides is 3. The van der Waals surface area contributed by atoms with E-state index in [1.54, 1.807) is 12.1 Å². The second-order valence-corrected chi connectivity index (χ2v) is 4.68. The van der Waals surface area contributed by atoms with Crippen LogP contribution < -0.4 is 20.5 Å². The van der Waals surface area contributed by atoms with E-state index in [4.69, 9.17) is 10.5 Å². The van der Waals surface area contributed by atoms with Gasteiger partial charge in [0, 0.05) is 5.56 Å². The molecule has 0 saturated heterocycles. The molecule has 0 spiro atoms. The Hall–Kier alpha value is -2.17. The predicted octanol–water partition coefficient (Wildman–Crippen LogP) is 4.14. The number of nitrogens with two attached hydrogens (primary N) is 1. The first-order valence-corrected chi connectivity index (χ1v) is 6.92. The number of methoxy groups -OCH3 is 1. The van der Waals surface area contributed by atoms with Crippen LogP contribution in [0.3, 0.4) is 0 Å². The molecular weight excluding hydrogens is 450 g/mol. The van der Waals surface area contributed by atoms with Crippen LogP contribution in [0.2, 0.25) is 0 Å². The summed E-state index contributed by atoms with van der Waals surface area (Å²) >= 11 is 0. The maximum atomic E-state index is 12.4. The van der Waals surface area contributed by atoms with Crippen LogP contribution in [0.5, 0.6) is 11.5 Å². The lowest BCUT2D eigenvalue weighted by atomic mass is 10.2. The summed E-state index contributed by atoms with van der Waals surface area (Å²) in [6.45, 7) is 0.213. The zero-order valence-corrected chi connectivity index (χ0v) is 15.5. The Labute approximate surface area is 160 Å². The summed E-state index contributed by atoms with van der Waals surface area (Å²) in [4.78, 5) is 4.10. The van der Waals surface area contributed by atoms with E-state index in [9.17, 15) is 13.2 Å². The van der Waals surface area contributed by atoms with Crippen molar-refractivity contribution < 1.29 is 22.6 Å². The van der Waals surface area contributed by atoms with Crippen molar-refractivity contribution in [2.45, 2.75) is 12.9 Å². The maximum Gasteiger partial charge on any atom is 0.573 e. The van der Waals surface area contributed by atoms with Crippen LogP contribution in [0, 0.1) is 0 Å². The highest BCUT2D eigenvalue weighted by Crippen LogP contribution is 2.29. The number of hydrogen-bond acceptors (Lipinski definition) is 3. The molecule has 0 fully saturated rings. The number of halogens is 4. The van der Waals surface area contributed by atoms with Crippen molar-refractivity contribution in [3.63, 3.8) is 0 Å². The molecule has 0 aliphatic rings. The normalized spacial score (nSPS) is 11.4. The smallest absolute Gasteiger partial charge is 0.496 e. The van der Waals surface area contributed by atoms with Crippen LogP contribution in [-0.4, -0.2) is 19.4 Å². The molecule has 0 unspecified atom stereocenters. The van der Waals surface area contributed by atoms with Gasteiger partial charge in [-0.15, -0.1) is 37.1 Å². The number of nitrogens with one attached hydrogen (secondary N) is 1. The summed E-state index contributed by atoms with van der Waals surface area (Å²) in [6, 6.07) is 12.8. The molecule has 2 aromatic rings. The summed E-state index contributed by atoms with van der Waals surface area (Å²) in [6.07, 6.45) is -4.79. The van der Waals surface area contributed by atoms with Gasteiger partial charge in [0.15, 0.2) is 11.7 Å². The van der Waals surface area contributed by atoms with E-state index in [0.717, 1.165) is 5.56 Å². The first-order valence-electron chi connectivity index (χ1n) is 6.92. The molecule has 5 nitrogen and oxygen atoms in total. The van der Waals surface area contributed by atoms with E-state index in [-0.39, 0.29) is 47.9 Å². The van der Waals surface area contributed by atoms with Gasteiger partial charge in [-0.25, -0.2) is 4.99 Å². The Kier molecular flexibility index (Phi) is 7.81. The number of aliphatic imine (C=N–C) groups is 1. The van der Waals surface area contributed by atoms with Crippen molar-refractivity contribution in [1.82, 2.24) is 0 Å². The number of ether oxygens (including phenoxy) is 2. The number of para-hydroxylation sites is 3. The average molecular weight is 467 g/mol. The Balaban J connectivity index is 0.00000312. The Bertz CT molecular complexity index is 724. The summed E-state index contributed by atoms with van der Waals surface area (Å²) < 4.78 is 46.3. The number of benzene rings is 2. The van der Waals surface area contributed by atoms with Crippen molar-refractivity contribution in [1.29, 1.82) is 0 Å². The van der Waals surface area contributed by atoms with Crippen LogP contribution >= 0.6 is 24.0 Å². The highest BCUT2D eigenvalue weighted by molar-refractivity contribution is 14.0. The monoisotopic (exact) mass is 467 g/mol. The molecule has 0 aliphatic carbocycles. The molecule has 0 aromatic heterocycles. The molecule has 136 valence electrons. The third-order valence-electron chi connectivity index (χ3n) is 2.99. The average Bonchev–Trinajstić information content (AvgIpc) is 2.53. The van der Waals surface area contributed by atoms with Crippen molar-refractivity contribution in [3.05, 3.63) is 54.1 Å². The number of hydrogen-bond donors (Lipinski definition) is 2. The first-order chi connectivity index (χ1) is 11.4. The zero-order chi connectivity index (χ0) is 17.6. The molecular formula is C16H17F3IN3O2. The van der Waals surface area contributed by atoms with Crippen molar-refractivity contribution >= 4 is 35.6 Å². The van der Waals surface area contributed by atoms with Crippen molar-refractivity contribution in [3.8, 4) is 11.5 Å². The van der Waals surface area contributed by atoms with Crippen LogP contribution in [-0.2, 0) is 6.54 Å². The molecule has 2 aromatic carbocycles. The van der Waals surface area contributed by atoms with Gasteiger partial charge in [-0.2, -0.15) is 0 Å². The lowest BCUT2D eigenvalue weighted by molar-refractivity contribution is -0.274. The van der Waals surface area contributed by atoms with Crippen LogP contribution in [0.15, 0.2) is 53.5 Å². The van der Waals surface area contributed by atoms with Gasteiger partial charge in [-0.3, -0.25) is 0 Å². The standard InChI is InChI=1S/C16H16F3N3O2.HI/c1-23-13-8-4-2-6-11(13)10-21-15(20)22-12-7-3-5-9-14(12)24-16(17,18)19;/h2-9H,10H2,1H3,(H3,20,21,22);1H. The Morgan fingerprint density at radius 3 is 2.32 bits per heavy atom. The van der Waals surface area contributed by atoms with E-state index < -0.39 is 6.36 Å². The molecule has 0 saturated carbocycles. The fourth-order valence-corrected chi connectivity index (χ4v) is 1.97. The van der Waals surface area contributed by atoms with Gasteiger partial charge >= 0.3 is 6.36 Å². The molecule has 25 heavy (non-hydrogen) atoms. The van der Waals surface area contributed by atoms with E-state index in [1.165, 1.54) is 25.3 Å². The predicted molar refractivity (Wildman–Crippen MR) is 100 cm³/mol. The minimum Gasteiger partial charge on any atom is -0.496 e. The molecule has 2 rings (SSSR count). The molecule has 0 atom stereocenters. The van der Waals surface area contributed by atoms with Gasteiger partial charge in [-0.1, -0.05) is 30.3 Å². The summed E-state index contributed by atoms with van der Waals surface area (Å²) in [7, 11) is 1.54. The van der Waals surface area contributed by atoms with Crippen molar-refractivity contribution in [2.24, 2.45) is 10.7 Å². The van der Waals surface area contributed by atoms with E-state index in [2.05, 4.69) is 15.0 Å². The molecule has 9 heteroatoms. The summed E-state index contributed by atoms with van der Waals surface area (Å²) in [5, 5.41) is 2.60. The second-order valence-electron chi connectivity index (χ2n) is 4.68. The van der Waals surface area contributed by atoms with Gasteiger partial charge in [0.05, 0.1) is 19.3 Å². The highest BCUT2D eigenvalue weighted by Gasteiger charge is 2.32. The SMILES string of the molecule is COc1ccccc1CN=C(N)Nc1ccccc1OC(F)(F)F.I. The van der Waals surface area contributed by atoms with Gasteiger partial charge in [0.2, 0.25) is 0 Å². The lowest BCUT2D eigenvalue weighted by Crippen LogP contribution is -2.24. The number of nitrogens with zero attached hydrogens (tertiary/aromatic N) is 1. The molecule has 0 aliphatic heterocycles. The lowest BCUT2D eigenvalue weighted by Gasteiger charge is -2.14. The Morgan fingerprint density at radius 2 is 1.68 bits per heavy atom. The van der Waals surface area contributed by atoms with Gasteiger partial charge in [-0.05, 0) is 18.2 Å². The minimum absolute atomic E-state index is 0. The van der Waals surface area contributed by atoms with E-state index in [0.29, 0.717) is 5.75 Å². The number of rotatable bonds is 5. The second kappa shape index (κ2) is 9.35. The third kappa shape index (κ3) is 6.69. The molecule has 0 radical (unpaired) electrons. The minimum atomic E-state index is -4.79. The van der Waals surface area contributed by atoms with Gasteiger partial charge in [0.1, 0.15) is 5.75 Å². The van der Waals surface area contributed by atoms with Gasteiger partial charge < -0.3 is 20.5 Å². The molecule has 0 heterocycles. The molecule has 3 N–H and O–H groups in total. The van der Waals surface area contributed by atoms with Crippen LogP contribution in [0.1, 0.15) is 5.56 Å². The fraction of sp³-hybridized carbons (Fsp3) is 0.188. The quantitative estimate of drug-likeness (QED) is 0.394. The summed E-state index contributed by atoms with van der Waals surface area (Å²) in [5.41, 5.74) is 6.60. The van der Waals surface area contributed by atoms with Crippen LogP contribution in [0.4, 0.5) is 18.9 Å². The molecule has 0 bridgehead atoms. The van der Waals surface area contributed by atoms with Crippen molar-refractivity contribution in [2.75, 3.05) is 12.4 Å². The fourth-order valence-electron chi connectivity index (χ4n) is 1.97. The zero-order valence-electron chi connectivity index (χ0n) is 13.2. The topological polar surface area (TPSA) is 68.9 Å². The summed E-state index contributed by atoms with van der Waals surface area (Å²) in [5.74, 6) is 0.217. The first kappa shape index (κ1) is 20.9. The van der Waals surface area contributed by atoms with E-state index in [1.807, 2.05) is 18.2 Å². The number of anilines is 1.